The average molecular weight is 388 g/mol. The van der Waals surface area contributed by atoms with E-state index in [1.165, 1.54) is 12.1 Å². The summed E-state index contributed by atoms with van der Waals surface area (Å²) in [6, 6.07) is 19.8. The van der Waals surface area contributed by atoms with E-state index in [2.05, 4.69) is 0 Å². The summed E-state index contributed by atoms with van der Waals surface area (Å²) in [4.78, 5) is 36.9. The molecule has 1 heterocycles. The first-order valence-corrected chi connectivity index (χ1v) is 8.91. The van der Waals surface area contributed by atoms with Crippen molar-refractivity contribution in [1.82, 2.24) is 0 Å². The second kappa shape index (κ2) is 7.98. The Kier molecular flexibility index (Phi) is 5.07. The minimum absolute atomic E-state index is 0.116. The lowest BCUT2D eigenvalue weighted by atomic mass is 10.0. The van der Waals surface area contributed by atoms with Crippen LogP contribution in [0, 0.1) is 0 Å². The van der Waals surface area contributed by atoms with Crippen molar-refractivity contribution >= 4 is 17.5 Å². The second-order valence-electron chi connectivity index (χ2n) is 6.34. The van der Waals surface area contributed by atoms with Crippen LogP contribution in [0.5, 0.6) is 11.5 Å². The summed E-state index contributed by atoms with van der Waals surface area (Å²) >= 11 is 0. The van der Waals surface area contributed by atoms with E-state index in [0.717, 1.165) is 0 Å². The van der Waals surface area contributed by atoms with Crippen LogP contribution in [-0.4, -0.2) is 30.9 Å². The zero-order valence-electron chi connectivity index (χ0n) is 15.3. The molecule has 0 aliphatic carbocycles. The predicted molar refractivity (Wildman–Crippen MR) is 103 cm³/mol. The molecule has 6 heteroatoms. The van der Waals surface area contributed by atoms with Gasteiger partial charge in [0.15, 0.2) is 29.7 Å². The second-order valence-corrected chi connectivity index (χ2v) is 6.34. The zero-order chi connectivity index (χ0) is 20.2. The number of carbonyl (C=O) groups is 3. The number of rotatable bonds is 6. The van der Waals surface area contributed by atoms with E-state index in [4.69, 9.17) is 14.2 Å². The standard InChI is InChI=1S/C23H16O6/c24-19(18-10-11-20-21(12-18)29-14-28-20)13-27-23(26)17-8-6-16(7-9-17)22(25)15-4-2-1-3-5-15/h1-12H,13-14H2. The van der Waals surface area contributed by atoms with Crippen LogP contribution in [0.25, 0.3) is 0 Å². The Morgan fingerprint density at radius 2 is 1.34 bits per heavy atom. The van der Waals surface area contributed by atoms with Crippen LogP contribution in [0.4, 0.5) is 0 Å². The van der Waals surface area contributed by atoms with Gasteiger partial charge in [0.1, 0.15) is 0 Å². The average Bonchev–Trinajstić information content (AvgIpc) is 3.25. The number of hydrogen-bond donors (Lipinski definition) is 0. The van der Waals surface area contributed by atoms with Crippen LogP contribution in [0.3, 0.4) is 0 Å². The van der Waals surface area contributed by atoms with E-state index in [1.54, 1.807) is 54.6 Å². The van der Waals surface area contributed by atoms with E-state index < -0.39 is 12.6 Å². The van der Waals surface area contributed by atoms with E-state index in [9.17, 15) is 14.4 Å². The molecule has 3 aromatic carbocycles. The molecule has 0 atom stereocenters. The number of hydrogen-bond acceptors (Lipinski definition) is 6. The Balaban J connectivity index is 1.37. The fraction of sp³-hybridized carbons (Fsp3) is 0.0870. The third kappa shape index (κ3) is 4.01. The molecular formula is C23H16O6. The van der Waals surface area contributed by atoms with E-state index in [-0.39, 0.29) is 23.9 Å². The molecule has 0 radical (unpaired) electrons. The third-order valence-electron chi connectivity index (χ3n) is 4.45. The van der Waals surface area contributed by atoms with Crippen molar-refractivity contribution in [3.8, 4) is 11.5 Å². The fourth-order valence-electron chi connectivity index (χ4n) is 2.88. The molecule has 0 N–H and O–H groups in total. The molecule has 29 heavy (non-hydrogen) atoms. The van der Waals surface area contributed by atoms with E-state index in [0.29, 0.717) is 28.2 Å². The van der Waals surface area contributed by atoms with Gasteiger partial charge in [0.2, 0.25) is 6.79 Å². The van der Waals surface area contributed by atoms with Gasteiger partial charge in [-0.05, 0) is 30.3 Å². The highest BCUT2D eigenvalue weighted by Gasteiger charge is 2.18. The van der Waals surface area contributed by atoms with Crippen molar-refractivity contribution in [3.05, 3.63) is 95.1 Å². The molecule has 1 aliphatic rings. The monoisotopic (exact) mass is 388 g/mol. The number of ether oxygens (including phenoxy) is 3. The van der Waals surface area contributed by atoms with Crippen LogP contribution in [0.15, 0.2) is 72.8 Å². The first-order chi connectivity index (χ1) is 14.1. The lowest BCUT2D eigenvalue weighted by Gasteiger charge is -2.06. The largest absolute Gasteiger partial charge is 0.454 e. The molecule has 3 aromatic rings. The first-order valence-electron chi connectivity index (χ1n) is 8.91. The van der Waals surface area contributed by atoms with Gasteiger partial charge in [-0.2, -0.15) is 0 Å². The lowest BCUT2D eigenvalue weighted by Crippen LogP contribution is -2.14. The van der Waals surface area contributed by atoms with Gasteiger partial charge in [0.05, 0.1) is 5.56 Å². The summed E-state index contributed by atoms with van der Waals surface area (Å²) in [6.45, 7) is -0.284. The summed E-state index contributed by atoms with van der Waals surface area (Å²) in [7, 11) is 0. The quantitative estimate of drug-likeness (QED) is 0.473. The molecule has 0 amide bonds. The maximum absolute atomic E-state index is 12.4. The van der Waals surface area contributed by atoms with Gasteiger partial charge in [-0.3, -0.25) is 9.59 Å². The van der Waals surface area contributed by atoms with Crippen LogP contribution < -0.4 is 9.47 Å². The molecule has 0 unspecified atom stereocenters. The first kappa shape index (κ1) is 18.4. The predicted octanol–water partition coefficient (Wildman–Crippen LogP) is 3.69. The summed E-state index contributed by atoms with van der Waals surface area (Å²) in [5, 5.41) is 0. The summed E-state index contributed by atoms with van der Waals surface area (Å²) < 4.78 is 15.5. The van der Waals surface area contributed by atoms with Crippen molar-refractivity contribution in [2.45, 2.75) is 0 Å². The molecule has 0 spiro atoms. The summed E-state index contributed by atoms with van der Waals surface area (Å²) in [5.74, 6) is -0.0710. The van der Waals surface area contributed by atoms with Crippen molar-refractivity contribution in [2.75, 3.05) is 13.4 Å². The third-order valence-corrected chi connectivity index (χ3v) is 4.45. The molecule has 0 bridgehead atoms. The molecule has 0 saturated carbocycles. The number of carbonyl (C=O) groups excluding carboxylic acids is 3. The normalized spacial score (nSPS) is 11.7. The molecule has 1 aliphatic heterocycles. The molecule has 6 nitrogen and oxygen atoms in total. The van der Waals surface area contributed by atoms with Gasteiger partial charge in [0.25, 0.3) is 0 Å². The highest BCUT2D eigenvalue weighted by molar-refractivity contribution is 6.09. The Bertz CT molecular complexity index is 1070. The number of Topliss-reactive ketones (excluding diaryl/α,β-unsaturated/α-hetero) is 1. The Labute approximate surface area is 166 Å². The van der Waals surface area contributed by atoms with Crippen molar-refractivity contribution in [1.29, 1.82) is 0 Å². The van der Waals surface area contributed by atoms with Gasteiger partial charge < -0.3 is 14.2 Å². The number of benzene rings is 3. The van der Waals surface area contributed by atoms with Crippen molar-refractivity contribution in [3.63, 3.8) is 0 Å². The fourth-order valence-corrected chi connectivity index (χ4v) is 2.88. The van der Waals surface area contributed by atoms with E-state index in [1.807, 2.05) is 6.07 Å². The molecular weight excluding hydrogens is 372 g/mol. The smallest absolute Gasteiger partial charge is 0.338 e. The minimum atomic E-state index is -0.641. The van der Waals surface area contributed by atoms with E-state index >= 15 is 0 Å². The van der Waals surface area contributed by atoms with Crippen LogP contribution in [0.2, 0.25) is 0 Å². The van der Waals surface area contributed by atoms with Crippen LogP contribution >= 0.6 is 0 Å². The van der Waals surface area contributed by atoms with Gasteiger partial charge in [-0.25, -0.2) is 4.79 Å². The highest BCUT2D eigenvalue weighted by atomic mass is 16.7. The SMILES string of the molecule is O=C(COC(=O)c1ccc(C(=O)c2ccccc2)cc1)c1ccc2c(c1)OCO2. The van der Waals surface area contributed by atoms with Gasteiger partial charge in [0, 0.05) is 16.7 Å². The molecule has 0 saturated heterocycles. The number of esters is 1. The zero-order valence-corrected chi connectivity index (χ0v) is 15.3. The minimum Gasteiger partial charge on any atom is -0.454 e. The molecule has 0 fully saturated rings. The molecule has 144 valence electrons. The maximum atomic E-state index is 12.4. The maximum Gasteiger partial charge on any atom is 0.338 e. The molecule has 4 rings (SSSR count). The van der Waals surface area contributed by atoms with Crippen molar-refractivity contribution < 1.29 is 28.6 Å². The van der Waals surface area contributed by atoms with Crippen LogP contribution in [0.1, 0.15) is 36.6 Å². The lowest BCUT2D eigenvalue weighted by molar-refractivity contribution is 0.0474. The van der Waals surface area contributed by atoms with Gasteiger partial charge >= 0.3 is 5.97 Å². The Morgan fingerprint density at radius 1 is 0.724 bits per heavy atom. The Morgan fingerprint density at radius 3 is 2.10 bits per heavy atom. The van der Waals surface area contributed by atoms with Crippen LogP contribution in [-0.2, 0) is 4.74 Å². The highest BCUT2D eigenvalue weighted by Crippen LogP contribution is 2.32. The topological polar surface area (TPSA) is 78.9 Å². The van der Waals surface area contributed by atoms with Crippen molar-refractivity contribution in [2.24, 2.45) is 0 Å². The summed E-state index contributed by atoms with van der Waals surface area (Å²) in [6.07, 6.45) is 0. The van der Waals surface area contributed by atoms with Gasteiger partial charge in [-0.15, -0.1) is 0 Å². The number of ketones is 2. The number of fused-ring (bicyclic) bond motifs is 1. The summed E-state index contributed by atoms with van der Waals surface area (Å²) in [5.41, 5.74) is 1.65. The Hall–Kier alpha value is -3.93. The molecule has 0 aromatic heterocycles. The van der Waals surface area contributed by atoms with Gasteiger partial charge in [-0.1, -0.05) is 42.5 Å².